The summed E-state index contributed by atoms with van der Waals surface area (Å²) in [5, 5.41) is 4.02. The predicted octanol–water partition coefficient (Wildman–Crippen LogP) is 4.00. The van der Waals surface area contributed by atoms with E-state index in [1.54, 1.807) is 11.0 Å². The molecule has 0 N–H and O–H groups in total. The molecule has 160 valence electrons. The molecule has 3 atom stereocenters. The number of carbonyl (C=O) groups excluding carboxylic acids is 2. The summed E-state index contributed by atoms with van der Waals surface area (Å²) < 4.78 is 45.6. The summed E-state index contributed by atoms with van der Waals surface area (Å²) >= 11 is 0. The largest absolute Gasteiger partial charge is 0.416 e. The Balaban J connectivity index is 1.29. The second-order valence-electron chi connectivity index (χ2n) is 8.01. The number of likely N-dealkylation sites (tertiary alicyclic amines) is 1. The van der Waals surface area contributed by atoms with Crippen LogP contribution in [0.1, 0.15) is 41.4 Å². The highest BCUT2D eigenvalue weighted by atomic mass is 19.4. The summed E-state index contributed by atoms with van der Waals surface area (Å²) in [6, 6.07) is 6.46. The molecule has 2 aromatic rings. The van der Waals surface area contributed by atoms with E-state index >= 15 is 0 Å². The number of nitrogens with zero attached hydrogens (tertiary/aromatic N) is 3. The minimum Gasteiger partial charge on any atom is -0.374 e. The first kappa shape index (κ1) is 20.6. The van der Waals surface area contributed by atoms with Crippen molar-refractivity contribution in [2.24, 2.45) is 11.8 Å². The maximum absolute atomic E-state index is 12.8. The number of Topliss-reactive ketones (excluding diaryl/α,β-unsaturated/α-hetero) is 1. The Morgan fingerprint density at radius 3 is 2.47 bits per heavy atom. The highest BCUT2D eigenvalue weighted by Gasteiger charge is 2.43. The lowest BCUT2D eigenvalue weighted by Gasteiger charge is -2.19. The number of halogens is 3. The Hall–Kier alpha value is -2.68. The molecule has 1 saturated carbocycles. The summed E-state index contributed by atoms with van der Waals surface area (Å²) in [7, 11) is 0. The lowest BCUT2D eigenvalue weighted by Crippen LogP contribution is -2.34. The van der Waals surface area contributed by atoms with Gasteiger partial charge in [0, 0.05) is 26.2 Å². The smallest absolute Gasteiger partial charge is 0.374 e. The number of rotatable bonds is 4. The second kappa shape index (κ2) is 7.86. The molecule has 0 radical (unpaired) electrons. The van der Waals surface area contributed by atoms with Gasteiger partial charge in [-0.3, -0.25) is 4.79 Å². The number of ketones is 1. The average Bonchev–Trinajstić information content (AvgIpc) is 3.40. The molecule has 1 aromatic carbocycles. The normalized spacial score (nSPS) is 23.6. The number of ether oxygens (including phenoxy) is 1. The highest BCUT2D eigenvalue weighted by Crippen LogP contribution is 2.40. The maximum Gasteiger partial charge on any atom is 0.416 e. The third-order valence-electron chi connectivity index (χ3n) is 5.86. The van der Waals surface area contributed by atoms with Crippen LogP contribution in [-0.2, 0) is 17.5 Å². The molecule has 0 spiro atoms. The molecule has 30 heavy (non-hydrogen) atoms. The van der Waals surface area contributed by atoms with Gasteiger partial charge in [-0.25, -0.2) is 4.79 Å². The number of alkyl halides is 3. The van der Waals surface area contributed by atoms with Crippen LogP contribution in [0.3, 0.4) is 0 Å². The van der Waals surface area contributed by atoms with E-state index in [0.29, 0.717) is 30.5 Å². The van der Waals surface area contributed by atoms with E-state index in [9.17, 15) is 22.8 Å². The Bertz CT molecular complexity index is 942. The standard InChI is InChI=1S/C21H22F3N3O3/c1-13(28)19-5-6-27(25-19)20(29)26-10-15-8-18(9-16(15)11-26)30-12-14-3-2-4-17(7-14)21(22,23)24/h2-7,15-16,18H,8-12H2,1H3/t15-,16+,18?. The Kier molecular flexibility index (Phi) is 5.40. The van der Waals surface area contributed by atoms with E-state index in [0.717, 1.165) is 25.0 Å². The van der Waals surface area contributed by atoms with Crippen molar-refractivity contribution in [2.75, 3.05) is 13.1 Å². The Morgan fingerprint density at radius 1 is 1.17 bits per heavy atom. The van der Waals surface area contributed by atoms with Crippen LogP contribution in [0.5, 0.6) is 0 Å². The van der Waals surface area contributed by atoms with Gasteiger partial charge in [-0.05, 0) is 48.4 Å². The van der Waals surface area contributed by atoms with Crippen molar-refractivity contribution in [1.82, 2.24) is 14.7 Å². The van der Waals surface area contributed by atoms with E-state index < -0.39 is 11.7 Å². The van der Waals surface area contributed by atoms with Gasteiger partial charge >= 0.3 is 12.2 Å². The van der Waals surface area contributed by atoms with Gasteiger partial charge in [0.15, 0.2) is 5.78 Å². The van der Waals surface area contributed by atoms with Crippen molar-refractivity contribution in [3.63, 3.8) is 0 Å². The van der Waals surface area contributed by atoms with Gasteiger partial charge in [0.25, 0.3) is 0 Å². The van der Waals surface area contributed by atoms with Crippen LogP contribution in [0.2, 0.25) is 0 Å². The summed E-state index contributed by atoms with van der Waals surface area (Å²) in [5.41, 5.74) is 0.0806. The maximum atomic E-state index is 12.8. The van der Waals surface area contributed by atoms with E-state index in [-0.39, 0.29) is 30.2 Å². The van der Waals surface area contributed by atoms with E-state index in [1.807, 2.05) is 0 Å². The molecule has 2 heterocycles. The molecular formula is C21H22F3N3O3. The number of amides is 1. The molecule has 1 aromatic heterocycles. The van der Waals surface area contributed by atoms with Gasteiger partial charge in [0.2, 0.25) is 0 Å². The van der Waals surface area contributed by atoms with Crippen LogP contribution in [0.15, 0.2) is 36.5 Å². The fourth-order valence-corrected chi connectivity index (χ4v) is 4.35. The molecule has 1 aliphatic heterocycles. The number of hydrogen-bond acceptors (Lipinski definition) is 4. The predicted molar refractivity (Wildman–Crippen MR) is 101 cm³/mol. The van der Waals surface area contributed by atoms with Gasteiger partial charge in [0.1, 0.15) is 5.69 Å². The van der Waals surface area contributed by atoms with Crippen molar-refractivity contribution >= 4 is 11.8 Å². The summed E-state index contributed by atoms with van der Waals surface area (Å²) in [4.78, 5) is 25.7. The molecule has 1 unspecified atom stereocenters. The molecule has 0 bridgehead atoms. The SMILES string of the molecule is CC(=O)c1ccn(C(=O)N2C[C@H]3CC(OCc4cccc(C(F)(F)F)c4)C[C@H]3C2)n1. The zero-order chi connectivity index (χ0) is 21.5. The van der Waals surface area contributed by atoms with Crippen molar-refractivity contribution in [3.8, 4) is 0 Å². The third-order valence-corrected chi connectivity index (χ3v) is 5.86. The summed E-state index contributed by atoms with van der Waals surface area (Å²) in [6.45, 7) is 2.71. The number of aromatic nitrogens is 2. The minimum atomic E-state index is -4.36. The van der Waals surface area contributed by atoms with Gasteiger partial charge in [-0.1, -0.05) is 12.1 Å². The number of benzene rings is 1. The van der Waals surface area contributed by atoms with Gasteiger partial charge in [-0.2, -0.15) is 23.0 Å². The summed E-state index contributed by atoms with van der Waals surface area (Å²) in [6.07, 6.45) is -1.36. The first-order valence-corrected chi connectivity index (χ1v) is 9.84. The van der Waals surface area contributed by atoms with Crippen LogP contribution < -0.4 is 0 Å². The van der Waals surface area contributed by atoms with Gasteiger partial charge in [0.05, 0.1) is 18.3 Å². The third kappa shape index (κ3) is 4.26. The first-order valence-electron chi connectivity index (χ1n) is 9.84. The van der Waals surface area contributed by atoms with Gasteiger partial charge in [-0.15, -0.1) is 0 Å². The molecule has 6 nitrogen and oxygen atoms in total. The first-order chi connectivity index (χ1) is 14.2. The molecule has 1 aliphatic carbocycles. The monoisotopic (exact) mass is 421 g/mol. The lowest BCUT2D eigenvalue weighted by atomic mass is 10.0. The number of fused-ring (bicyclic) bond motifs is 1. The van der Waals surface area contributed by atoms with Crippen LogP contribution >= 0.6 is 0 Å². The van der Waals surface area contributed by atoms with E-state index in [2.05, 4.69) is 5.10 Å². The fraction of sp³-hybridized carbons (Fsp3) is 0.476. The van der Waals surface area contributed by atoms with Crippen LogP contribution in [0.25, 0.3) is 0 Å². The molecule has 1 saturated heterocycles. The lowest BCUT2D eigenvalue weighted by molar-refractivity contribution is -0.137. The zero-order valence-electron chi connectivity index (χ0n) is 16.4. The van der Waals surface area contributed by atoms with Crippen molar-refractivity contribution < 1.29 is 27.5 Å². The fourth-order valence-electron chi connectivity index (χ4n) is 4.35. The molecular weight excluding hydrogens is 399 g/mol. The van der Waals surface area contributed by atoms with Gasteiger partial charge < -0.3 is 9.64 Å². The number of carbonyl (C=O) groups is 2. The average molecular weight is 421 g/mol. The van der Waals surface area contributed by atoms with Crippen molar-refractivity contribution in [3.05, 3.63) is 53.3 Å². The zero-order valence-corrected chi connectivity index (χ0v) is 16.4. The minimum absolute atomic E-state index is 0.0270. The van der Waals surface area contributed by atoms with Crippen molar-refractivity contribution in [2.45, 2.75) is 38.7 Å². The Morgan fingerprint density at radius 2 is 1.87 bits per heavy atom. The molecule has 1 amide bonds. The number of hydrogen-bond donors (Lipinski definition) is 0. The quantitative estimate of drug-likeness (QED) is 0.700. The van der Waals surface area contributed by atoms with Crippen molar-refractivity contribution in [1.29, 1.82) is 0 Å². The second-order valence-corrected chi connectivity index (χ2v) is 8.01. The van der Waals surface area contributed by atoms with Crippen LogP contribution in [-0.4, -0.2) is 45.7 Å². The molecule has 4 rings (SSSR count). The molecule has 9 heteroatoms. The molecule has 2 aliphatic rings. The summed E-state index contributed by atoms with van der Waals surface area (Å²) in [5.74, 6) is 0.396. The van der Waals surface area contributed by atoms with Crippen LogP contribution in [0.4, 0.5) is 18.0 Å². The van der Waals surface area contributed by atoms with Crippen LogP contribution in [0, 0.1) is 11.8 Å². The van der Waals surface area contributed by atoms with E-state index in [4.69, 9.17) is 4.74 Å². The Labute approximate surface area is 171 Å². The topological polar surface area (TPSA) is 64.4 Å². The highest BCUT2D eigenvalue weighted by molar-refractivity contribution is 5.92. The molecule has 2 fully saturated rings. The van der Waals surface area contributed by atoms with E-state index in [1.165, 1.54) is 29.9 Å².